The number of alkyl halides is 3. The van der Waals surface area contributed by atoms with Gasteiger partial charge in [0, 0.05) is 18.5 Å². The second kappa shape index (κ2) is 8.20. The summed E-state index contributed by atoms with van der Waals surface area (Å²) in [5.74, 6) is -0.752. The highest BCUT2D eigenvalue weighted by molar-refractivity contribution is 5.85. The van der Waals surface area contributed by atoms with Crippen LogP contribution in [-0.2, 0) is 23.4 Å². The zero-order valence-electron chi connectivity index (χ0n) is 18.0. The molecule has 0 bridgehead atoms. The van der Waals surface area contributed by atoms with Crippen molar-refractivity contribution in [1.29, 1.82) is 0 Å². The third-order valence-corrected chi connectivity index (χ3v) is 4.81. The Balaban J connectivity index is 1.86. The van der Waals surface area contributed by atoms with Crippen LogP contribution < -0.4 is 10.1 Å². The predicted molar refractivity (Wildman–Crippen MR) is 111 cm³/mol. The van der Waals surface area contributed by atoms with Gasteiger partial charge in [-0.15, -0.1) is 0 Å². The lowest BCUT2D eigenvalue weighted by Gasteiger charge is -2.18. The number of aromatic nitrogens is 3. The molecule has 2 heterocycles. The summed E-state index contributed by atoms with van der Waals surface area (Å²) in [7, 11) is 1.53. The predicted octanol–water partition coefficient (Wildman–Crippen LogP) is 4.54. The summed E-state index contributed by atoms with van der Waals surface area (Å²) < 4.78 is 48.1. The van der Waals surface area contributed by atoms with Crippen molar-refractivity contribution in [2.24, 2.45) is 7.05 Å². The number of fused-ring (bicyclic) bond motifs is 1. The molecule has 2 aromatic heterocycles. The molecule has 0 aliphatic carbocycles. The Bertz CT molecular complexity index is 1090. The van der Waals surface area contributed by atoms with Gasteiger partial charge in [-0.25, -0.2) is 0 Å². The molecule has 1 atom stereocenters. The number of hydrogen-bond donors (Lipinski definition) is 1. The number of rotatable bonds is 5. The Labute approximate surface area is 178 Å². The summed E-state index contributed by atoms with van der Waals surface area (Å²) in [6, 6.07) is 9.86. The monoisotopic (exact) mass is 434 g/mol. The van der Waals surface area contributed by atoms with E-state index >= 15 is 0 Å². The number of ether oxygens (including phenoxy) is 1. The molecular weight excluding hydrogens is 409 g/mol. The molecule has 9 heteroatoms. The van der Waals surface area contributed by atoms with E-state index in [1.807, 2.05) is 37.3 Å². The summed E-state index contributed by atoms with van der Waals surface area (Å²) in [5, 5.41) is 6.96. The van der Waals surface area contributed by atoms with E-state index in [-0.39, 0.29) is 23.0 Å². The van der Waals surface area contributed by atoms with Gasteiger partial charge in [0.15, 0.2) is 12.3 Å². The number of halogens is 3. The Hall–Kier alpha value is -3.10. The number of aryl methyl sites for hydroxylation is 1. The molecular formula is C22H25F3N4O2. The molecule has 6 nitrogen and oxygen atoms in total. The molecule has 1 amide bonds. The second-order valence-electron chi connectivity index (χ2n) is 8.42. The number of nitrogens with one attached hydrogen (secondary N) is 1. The number of pyridine rings is 1. The van der Waals surface area contributed by atoms with Crippen molar-refractivity contribution in [3.63, 3.8) is 0 Å². The lowest BCUT2D eigenvalue weighted by molar-refractivity contribution is -0.136. The van der Waals surface area contributed by atoms with Crippen molar-refractivity contribution in [3.05, 3.63) is 53.2 Å². The van der Waals surface area contributed by atoms with Gasteiger partial charge in [0.2, 0.25) is 5.88 Å². The molecule has 0 radical (unpaired) electrons. The normalized spacial score (nSPS) is 13.3. The van der Waals surface area contributed by atoms with E-state index in [1.54, 1.807) is 20.8 Å². The van der Waals surface area contributed by atoms with E-state index < -0.39 is 29.7 Å². The molecule has 31 heavy (non-hydrogen) atoms. The fourth-order valence-electron chi connectivity index (χ4n) is 3.29. The second-order valence-corrected chi connectivity index (χ2v) is 8.42. The van der Waals surface area contributed by atoms with E-state index in [2.05, 4.69) is 15.4 Å². The quantitative estimate of drug-likeness (QED) is 0.640. The maximum absolute atomic E-state index is 13.8. The zero-order chi connectivity index (χ0) is 23.0. The van der Waals surface area contributed by atoms with E-state index in [4.69, 9.17) is 4.74 Å². The molecule has 166 valence electrons. The van der Waals surface area contributed by atoms with E-state index in [1.165, 1.54) is 11.7 Å². The highest BCUT2D eigenvalue weighted by atomic mass is 19.4. The number of benzene rings is 1. The van der Waals surface area contributed by atoms with Gasteiger partial charge in [-0.3, -0.25) is 9.48 Å². The van der Waals surface area contributed by atoms with Gasteiger partial charge in [0.1, 0.15) is 0 Å². The first-order valence-electron chi connectivity index (χ1n) is 9.80. The average Bonchev–Trinajstić information content (AvgIpc) is 3.03. The van der Waals surface area contributed by atoms with Crippen molar-refractivity contribution in [2.75, 3.05) is 6.61 Å². The Morgan fingerprint density at radius 1 is 1.19 bits per heavy atom. The third-order valence-electron chi connectivity index (χ3n) is 4.81. The summed E-state index contributed by atoms with van der Waals surface area (Å²) in [6.07, 6.45) is -4.63. The molecule has 3 rings (SSSR count). The molecule has 0 aliphatic rings. The van der Waals surface area contributed by atoms with Crippen molar-refractivity contribution in [3.8, 4) is 5.88 Å². The summed E-state index contributed by atoms with van der Waals surface area (Å²) in [5.41, 5.74) is -0.252. The molecule has 0 aliphatic heterocycles. The van der Waals surface area contributed by atoms with Crippen LogP contribution in [0.1, 0.15) is 50.6 Å². The third kappa shape index (κ3) is 4.98. The number of nitrogens with zero attached hydrogens (tertiary/aromatic N) is 3. The van der Waals surface area contributed by atoms with Gasteiger partial charge in [-0.2, -0.15) is 23.3 Å². The number of hydrogen-bond acceptors (Lipinski definition) is 4. The Morgan fingerprint density at radius 3 is 2.42 bits per heavy atom. The summed E-state index contributed by atoms with van der Waals surface area (Å²) >= 11 is 0. The molecule has 3 aromatic rings. The van der Waals surface area contributed by atoms with Crippen molar-refractivity contribution in [2.45, 2.75) is 45.3 Å². The van der Waals surface area contributed by atoms with Crippen LogP contribution in [0.5, 0.6) is 5.88 Å². The molecule has 0 fully saturated rings. The van der Waals surface area contributed by atoms with Crippen LogP contribution in [0.4, 0.5) is 13.2 Å². The van der Waals surface area contributed by atoms with Crippen LogP contribution >= 0.6 is 0 Å². The maximum Gasteiger partial charge on any atom is 0.417 e. The minimum atomic E-state index is -4.63. The van der Waals surface area contributed by atoms with Crippen molar-refractivity contribution < 1.29 is 22.7 Å². The van der Waals surface area contributed by atoms with Crippen LogP contribution in [-0.4, -0.2) is 27.3 Å². The van der Waals surface area contributed by atoms with E-state index in [0.29, 0.717) is 5.69 Å². The minimum Gasteiger partial charge on any atom is -0.467 e. The van der Waals surface area contributed by atoms with Crippen LogP contribution in [0.25, 0.3) is 11.0 Å². The first kappa shape index (κ1) is 22.6. The van der Waals surface area contributed by atoms with Crippen LogP contribution in [0.15, 0.2) is 36.4 Å². The van der Waals surface area contributed by atoms with Gasteiger partial charge in [-0.05, 0) is 12.5 Å². The SMILES string of the molecule is CC(NC(=O)COc1cc(C(F)(F)F)c2c(C(C)(C)C)nn(C)c2n1)c1ccccc1. The molecule has 0 spiro atoms. The van der Waals surface area contributed by atoms with Gasteiger partial charge >= 0.3 is 6.18 Å². The van der Waals surface area contributed by atoms with Gasteiger partial charge < -0.3 is 10.1 Å². The van der Waals surface area contributed by atoms with Gasteiger partial charge in [0.05, 0.1) is 22.7 Å². The standard InChI is InChI=1S/C22H25F3N4O2/c1-13(14-9-7-6-8-10-14)26-16(30)12-31-17-11-15(22(23,24)25)18-19(21(2,3)4)28-29(5)20(18)27-17/h6-11,13H,12H2,1-5H3,(H,26,30). The van der Waals surface area contributed by atoms with Crippen molar-refractivity contribution >= 4 is 16.9 Å². The smallest absolute Gasteiger partial charge is 0.417 e. The van der Waals surface area contributed by atoms with Crippen LogP contribution in [0, 0.1) is 0 Å². The topological polar surface area (TPSA) is 69.0 Å². The lowest BCUT2D eigenvalue weighted by atomic mass is 9.89. The van der Waals surface area contributed by atoms with Gasteiger partial charge in [0.25, 0.3) is 5.91 Å². The Morgan fingerprint density at radius 2 is 1.84 bits per heavy atom. The largest absolute Gasteiger partial charge is 0.467 e. The minimum absolute atomic E-state index is 0.0489. The fourth-order valence-corrected chi connectivity index (χ4v) is 3.29. The zero-order valence-corrected chi connectivity index (χ0v) is 18.0. The maximum atomic E-state index is 13.8. The lowest BCUT2D eigenvalue weighted by Crippen LogP contribution is -2.31. The molecule has 0 saturated carbocycles. The van der Waals surface area contributed by atoms with Crippen LogP contribution in [0.2, 0.25) is 0 Å². The molecule has 1 aromatic carbocycles. The molecule has 0 saturated heterocycles. The highest BCUT2D eigenvalue weighted by Gasteiger charge is 2.38. The number of carbonyl (C=O) groups excluding carboxylic acids is 1. The molecule has 1 N–H and O–H groups in total. The highest BCUT2D eigenvalue weighted by Crippen LogP contribution is 2.40. The van der Waals surface area contributed by atoms with Crippen LogP contribution in [0.3, 0.4) is 0 Å². The van der Waals surface area contributed by atoms with E-state index in [9.17, 15) is 18.0 Å². The van der Waals surface area contributed by atoms with Gasteiger partial charge in [-0.1, -0.05) is 51.1 Å². The molecule has 1 unspecified atom stereocenters. The first-order chi connectivity index (χ1) is 14.4. The first-order valence-corrected chi connectivity index (χ1v) is 9.80. The fraction of sp³-hybridized carbons (Fsp3) is 0.409. The number of carbonyl (C=O) groups is 1. The van der Waals surface area contributed by atoms with Crippen molar-refractivity contribution in [1.82, 2.24) is 20.1 Å². The summed E-state index contributed by atoms with van der Waals surface area (Å²) in [6.45, 7) is 6.71. The Kier molecular flexibility index (Phi) is 5.98. The number of amides is 1. The summed E-state index contributed by atoms with van der Waals surface area (Å²) in [4.78, 5) is 16.4. The average molecular weight is 434 g/mol. The van der Waals surface area contributed by atoms with E-state index in [0.717, 1.165) is 11.6 Å².